The molecule has 0 aliphatic heterocycles. The van der Waals surface area contributed by atoms with Gasteiger partial charge < -0.3 is 20.3 Å². The summed E-state index contributed by atoms with van der Waals surface area (Å²) >= 11 is 0. The van der Waals surface area contributed by atoms with E-state index in [9.17, 15) is 19.8 Å². The molecule has 3 N–H and O–H groups in total. The second-order valence-corrected chi connectivity index (χ2v) is 23.9. The van der Waals surface area contributed by atoms with Crippen LogP contribution in [-0.2, 0) is 14.3 Å². The van der Waals surface area contributed by atoms with Gasteiger partial charge in [-0.1, -0.05) is 340 Å². The van der Waals surface area contributed by atoms with Crippen molar-refractivity contribution in [2.45, 2.75) is 398 Å². The van der Waals surface area contributed by atoms with Crippen molar-refractivity contribution in [2.24, 2.45) is 0 Å². The lowest BCUT2D eigenvalue weighted by Crippen LogP contribution is -2.45. The van der Waals surface area contributed by atoms with E-state index < -0.39 is 12.1 Å². The van der Waals surface area contributed by atoms with E-state index in [4.69, 9.17) is 4.74 Å². The van der Waals surface area contributed by atoms with Crippen LogP contribution in [-0.4, -0.2) is 47.4 Å². The summed E-state index contributed by atoms with van der Waals surface area (Å²) in [4.78, 5) is 24.6. The fraction of sp³-hybridized carbons (Fsp3) is 0.914. The molecule has 0 aliphatic carbocycles. The lowest BCUT2D eigenvalue weighted by Gasteiger charge is -2.22. The smallest absolute Gasteiger partial charge is 0.305 e. The lowest BCUT2D eigenvalue weighted by atomic mass is 10.0. The van der Waals surface area contributed by atoms with Crippen molar-refractivity contribution in [1.29, 1.82) is 0 Å². The number of aliphatic hydroxyl groups excluding tert-OH is 2. The minimum absolute atomic E-state index is 0.00943. The van der Waals surface area contributed by atoms with E-state index in [1.165, 1.54) is 308 Å². The normalized spacial score (nSPS) is 12.6. The van der Waals surface area contributed by atoms with Crippen molar-refractivity contribution in [3.05, 3.63) is 24.3 Å². The number of nitrogens with one attached hydrogen (secondary N) is 1. The summed E-state index contributed by atoms with van der Waals surface area (Å²) in [5.74, 6) is -0.0316. The zero-order valence-corrected chi connectivity index (χ0v) is 51.5. The van der Waals surface area contributed by atoms with Gasteiger partial charge in [-0.15, -0.1) is 0 Å². The van der Waals surface area contributed by atoms with Crippen molar-refractivity contribution < 1.29 is 24.5 Å². The molecule has 0 aromatic carbocycles. The maximum absolute atomic E-state index is 12.5. The summed E-state index contributed by atoms with van der Waals surface area (Å²) in [5.41, 5.74) is 0. The van der Waals surface area contributed by atoms with Crippen LogP contribution >= 0.6 is 0 Å². The Bertz CT molecular complexity index is 1190. The minimum Gasteiger partial charge on any atom is -0.466 e. The predicted octanol–water partition coefficient (Wildman–Crippen LogP) is 22.1. The number of esters is 1. The van der Waals surface area contributed by atoms with Gasteiger partial charge in [-0.25, -0.2) is 0 Å². The Morgan fingerprint density at radius 1 is 0.368 bits per heavy atom. The van der Waals surface area contributed by atoms with Crippen LogP contribution in [0.1, 0.15) is 386 Å². The number of amides is 1. The topological polar surface area (TPSA) is 95.9 Å². The Kier molecular flexibility index (Phi) is 64.4. The standard InChI is InChI=1S/C70H135NO5/c1-3-5-7-9-11-13-15-17-18-19-20-21-23-26-29-32-35-39-42-46-50-54-58-62-68(73)67(66-72)71-69(74)63-59-55-51-47-43-40-36-33-30-27-24-22-25-28-31-34-37-41-45-49-53-57-61-65-76-70(75)64-60-56-52-48-44-38-16-14-12-10-8-6-4-2/h22,25,27,30,67-68,72-73H,3-21,23-24,26,28-29,31-66H2,1-2H3,(H,71,74)/b25-22-,30-27-. The Labute approximate surface area is 475 Å². The summed E-state index contributed by atoms with van der Waals surface area (Å²) in [6.07, 6.45) is 82.1. The van der Waals surface area contributed by atoms with Gasteiger partial charge in [-0.3, -0.25) is 9.59 Å². The highest BCUT2D eigenvalue weighted by Gasteiger charge is 2.20. The second-order valence-electron chi connectivity index (χ2n) is 23.9. The predicted molar refractivity (Wildman–Crippen MR) is 333 cm³/mol. The summed E-state index contributed by atoms with van der Waals surface area (Å²) in [7, 11) is 0. The first-order valence-electron chi connectivity index (χ1n) is 34.6. The molecule has 0 rings (SSSR count). The quantitative estimate of drug-likeness (QED) is 0.0320. The first-order valence-corrected chi connectivity index (χ1v) is 34.6. The molecular weight excluding hydrogens is 935 g/mol. The Morgan fingerprint density at radius 2 is 0.658 bits per heavy atom. The molecule has 1 amide bonds. The number of hydrogen-bond donors (Lipinski definition) is 3. The molecule has 6 heteroatoms. The maximum Gasteiger partial charge on any atom is 0.305 e. The van der Waals surface area contributed by atoms with Crippen LogP contribution in [0.5, 0.6) is 0 Å². The summed E-state index contributed by atoms with van der Waals surface area (Å²) < 4.78 is 5.48. The van der Waals surface area contributed by atoms with Crippen LogP contribution in [0.2, 0.25) is 0 Å². The van der Waals surface area contributed by atoms with Crippen molar-refractivity contribution in [1.82, 2.24) is 5.32 Å². The van der Waals surface area contributed by atoms with Gasteiger partial charge in [-0.2, -0.15) is 0 Å². The number of carbonyl (C=O) groups is 2. The second kappa shape index (κ2) is 65.9. The molecular formula is C70H135NO5. The van der Waals surface area contributed by atoms with Gasteiger partial charge >= 0.3 is 5.97 Å². The van der Waals surface area contributed by atoms with Crippen molar-refractivity contribution in [2.75, 3.05) is 13.2 Å². The van der Waals surface area contributed by atoms with Gasteiger partial charge in [0.1, 0.15) is 0 Å². The molecule has 2 atom stereocenters. The first kappa shape index (κ1) is 74.3. The van der Waals surface area contributed by atoms with Crippen LogP contribution in [0.25, 0.3) is 0 Å². The molecule has 0 fully saturated rings. The molecule has 0 aromatic heterocycles. The van der Waals surface area contributed by atoms with Crippen LogP contribution < -0.4 is 5.32 Å². The zero-order valence-electron chi connectivity index (χ0n) is 51.5. The van der Waals surface area contributed by atoms with Gasteiger partial charge in [0.05, 0.1) is 25.4 Å². The fourth-order valence-electron chi connectivity index (χ4n) is 11.0. The number of ether oxygens (including phenoxy) is 1. The Balaban J connectivity index is 3.44. The molecule has 0 aromatic rings. The third-order valence-electron chi connectivity index (χ3n) is 16.3. The minimum atomic E-state index is -0.672. The van der Waals surface area contributed by atoms with E-state index in [1.54, 1.807) is 0 Å². The number of aliphatic hydroxyl groups is 2. The van der Waals surface area contributed by atoms with E-state index >= 15 is 0 Å². The average molecular weight is 1070 g/mol. The summed E-state index contributed by atoms with van der Waals surface area (Å²) in [6.45, 7) is 4.98. The molecule has 0 saturated heterocycles. The molecule has 6 nitrogen and oxygen atoms in total. The Morgan fingerprint density at radius 3 is 1.00 bits per heavy atom. The number of rotatable bonds is 65. The highest BCUT2D eigenvalue weighted by atomic mass is 16.5. The average Bonchev–Trinajstić information content (AvgIpc) is 3.42. The largest absolute Gasteiger partial charge is 0.466 e. The van der Waals surface area contributed by atoms with Crippen LogP contribution in [0.15, 0.2) is 24.3 Å². The molecule has 2 unspecified atom stereocenters. The number of carbonyl (C=O) groups excluding carboxylic acids is 2. The van der Waals surface area contributed by atoms with Crippen LogP contribution in [0.4, 0.5) is 0 Å². The molecule has 0 aliphatic rings. The number of hydrogen-bond acceptors (Lipinski definition) is 5. The van der Waals surface area contributed by atoms with E-state index in [0.29, 0.717) is 25.9 Å². The number of unbranched alkanes of at least 4 members (excludes halogenated alkanes) is 50. The molecule has 0 radical (unpaired) electrons. The summed E-state index contributed by atoms with van der Waals surface area (Å²) in [5, 5.41) is 23.4. The molecule has 450 valence electrons. The highest BCUT2D eigenvalue weighted by Crippen LogP contribution is 2.19. The molecule has 0 saturated carbocycles. The zero-order chi connectivity index (χ0) is 55.0. The van der Waals surface area contributed by atoms with Gasteiger partial charge in [0.25, 0.3) is 0 Å². The van der Waals surface area contributed by atoms with E-state index in [2.05, 4.69) is 43.5 Å². The Hall–Kier alpha value is -1.66. The van der Waals surface area contributed by atoms with Crippen LogP contribution in [0.3, 0.4) is 0 Å². The van der Waals surface area contributed by atoms with Gasteiger partial charge in [0.15, 0.2) is 0 Å². The van der Waals surface area contributed by atoms with Crippen molar-refractivity contribution in [3.8, 4) is 0 Å². The monoisotopic (exact) mass is 1070 g/mol. The van der Waals surface area contributed by atoms with Crippen molar-refractivity contribution in [3.63, 3.8) is 0 Å². The summed E-state index contributed by atoms with van der Waals surface area (Å²) in [6, 6.07) is -0.550. The third kappa shape index (κ3) is 61.6. The molecule has 0 heterocycles. The highest BCUT2D eigenvalue weighted by molar-refractivity contribution is 5.76. The molecule has 0 spiro atoms. The van der Waals surface area contributed by atoms with Crippen molar-refractivity contribution >= 4 is 11.9 Å². The first-order chi connectivity index (χ1) is 37.5. The molecule has 76 heavy (non-hydrogen) atoms. The lowest BCUT2D eigenvalue weighted by molar-refractivity contribution is -0.143. The van der Waals surface area contributed by atoms with Gasteiger partial charge in [0.2, 0.25) is 5.91 Å². The molecule has 0 bridgehead atoms. The van der Waals surface area contributed by atoms with E-state index in [1.807, 2.05) is 0 Å². The third-order valence-corrected chi connectivity index (χ3v) is 16.3. The SMILES string of the molecule is CCCCCCCCCCCCCCCCCCCCCCCCCC(O)C(CO)NC(=O)CCCCCCCCC/C=C\C/C=C\CCCCCCCCCCCOC(=O)CCCCCCCCCCCCCCC. The number of allylic oxidation sites excluding steroid dienone is 4. The van der Waals surface area contributed by atoms with Gasteiger partial charge in [0, 0.05) is 12.8 Å². The fourth-order valence-corrected chi connectivity index (χ4v) is 11.0. The van der Waals surface area contributed by atoms with Crippen LogP contribution in [0, 0.1) is 0 Å². The maximum atomic E-state index is 12.5. The van der Waals surface area contributed by atoms with E-state index in [0.717, 1.165) is 44.9 Å². The van der Waals surface area contributed by atoms with Gasteiger partial charge in [-0.05, 0) is 57.8 Å². The van der Waals surface area contributed by atoms with E-state index in [-0.39, 0.29) is 18.5 Å².